The molecule has 104 valence electrons. The van der Waals surface area contributed by atoms with Gasteiger partial charge in [0.1, 0.15) is 5.75 Å². The second-order valence-electron chi connectivity index (χ2n) is 4.48. The Morgan fingerprint density at radius 3 is 2.32 bits per heavy atom. The molecule has 0 saturated heterocycles. The third-order valence-corrected chi connectivity index (χ3v) is 2.76. The standard InChI is InChI=1S/C14H19NO4/c1-4-9-19-12-7-5-11(6-8-12)14(3,13(17)18)15-10(2)16/h5-8H,4,9H2,1-3H3,(H,15,16)(H,17,18). The fourth-order valence-electron chi connectivity index (χ4n) is 1.71. The predicted octanol–water partition coefficient (Wildman–Crippen LogP) is 1.91. The summed E-state index contributed by atoms with van der Waals surface area (Å²) < 4.78 is 5.43. The lowest BCUT2D eigenvalue weighted by atomic mass is 9.92. The van der Waals surface area contributed by atoms with E-state index >= 15 is 0 Å². The van der Waals surface area contributed by atoms with Crippen molar-refractivity contribution in [2.75, 3.05) is 6.61 Å². The second-order valence-corrected chi connectivity index (χ2v) is 4.48. The molecule has 0 aliphatic rings. The molecule has 1 aromatic rings. The molecule has 2 N–H and O–H groups in total. The van der Waals surface area contributed by atoms with Crippen molar-refractivity contribution in [1.82, 2.24) is 5.32 Å². The molecule has 0 aliphatic heterocycles. The highest BCUT2D eigenvalue weighted by Gasteiger charge is 2.35. The smallest absolute Gasteiger partial charge is 0.333 e. The third-order valence-electron chi connectivity index (χ3n) is 2.76. The second kappa shape index (κ2) is 6.22. The Balaban J connectivity index is 2.98. The Morgan fingerprint density at radius 2 is 1.89 bits per heavy atom. The van der Waals surface area contributed by atoms with E-state index in [-0.39, 0.29) is 0 Å². The number of aliphatic carboxylic acids is 1. The number of hydrogen-bond donors (Lipinski definition) is 2. The molecule has 5 nitrogen and oxygen atoms in total. The number of carboxylic acid groups (broad SMARTS) is 1. The minimum atomic E-state index is -1.44. The molecule has 1 atom stereocenters. The lowest BCUT2D eigenvalue weighted by Crippen LogP contribution is -2.48. The molecule has 0 aromatic heterocycles. The van der Waals surface area contributed by atoms with Gasteiger partial charge in [-0.25, -0.2) is 4.79 Å². The van der Waals surface area contributed by atoms with Crippen molar-refractivity contribution in [3.63, 3.8) is 0 Å². The molecule has 1 rings (SSSR count). The number of nitrogens with one attached hydrogen (secondary N) is 1. The maximum Gasteiger partial charge on any atom is 0.333 e. The molecular formula is C14H19NO4. The van der Waals surface area contributed by atoms with Gasteiger partial charge in [0.15, 0.2) is 5.54 Å². The molecule has 1 unspecified atom stereocenters. The van der Waals surface area contributed by atoms with Crippen LogP contribution in [-0.4, -0.2) is 23.6 Å². The first-order valence-corrected chi connectivity index (χ1v) is 6.15. The van der Waals surface area contributed by atoms with Crippen molar-refractivity contribution in [2.45, 2.75) is 32.7 Å². The summed E-state index contributed by atoms with van der Waals surface area (Å²) in [6.07, 6.45) is 0.903. The van der Waals surface area contributed by atoms with E-state index in [1.54, 1.807) is 24.3 Å². The zero-order valence-electron chi connectivity index (χ0n) is 11.4. The van der Waals surface area contributed by atoms with E-state index in [0.717, 1.165) is 6.42 Å². The number of benzene rings is 1. The minimum Gasteiger partial charge on any atom is -0.494 e. The van der Waals surface area contributed by atoms with Crippen LogP contribution in [0.1, 0.15) is 32.8 Å². The molecule has 1 aromatic carbocycles. The summed E-state index contributed by atoms with van der Waals surface area (Å²) in [5.74, 6) is -0.817. The van der Waals surface area contributed by atoms with E-state index in [0.29, 0.717) is 17.9 Å². The van der Waals surface area contributed by atoms with E-state index in [2.05, 4.69) is 5.32 Å². The zero-order valence-corrected chi connectivity index (χ0v) is 11.4. The van der Waals surface area contributed by atoms with Crippen molar-refractivity contribution in [1.29, 1.82) is 0 Å². The summed E-state index contributed by atoms with van der Waals surface area (Å²) in [7, 11) is 0. The van der Waals surface area contributed by atoms with E-state index in [4.69, 9.17) is 4.74 Å². The largest absolute Gasteiger partial charge is 0.494 e. The Kier molecular flexibility index (Phi) is 4.92. The molecular weight excluding hydrogens is 246 g/mol. The highest BCUT2D eigenvalue weighted by molar-refractivity contribution is 5.86. The average molecular weight is 265 g/mol. The lowest BCUT2D eigenvalue weighted by Gasteiger charge is -2.26. The van der Waals surface area contributed by atoms with E-state index in [1.165, 1.54) is 13.8 Å². The Bertz CT molecular complexity index is 455. The number of amides is 1. The minimum absolute atomic E-state index is 0.392. The summed E-state index contributed by atoms with van der Waals surface area (Å²) >= 11 is 0. The SMILES string of the molecule is CCCOc1ccc(C(C)(NC(C)=O)C(=O)O)cc1. The van der Waals surface area contributed by atoms with Gasteiger partial charge in [0.25, 0.3) is 0 Å². The quantitative estimate of drug-likeness (QED) is 0.823. The molecule has 0 heterocycles. The van der Waals surface area contributed by atoms with Gasteiger partial charge in [-0.15, -0.1) is 0 Å². The number of rotatable bonds is 6. The van der Waals surface area contributed by atoms with Crippen molar-refractivity contribution < 1.29 is 19.4 Å². The fourth-order valence-corrected chi connectivity index (χ4v) is 1.71. The molecule has 5 heteroatoms. The summed E-state index contributed by atoms with van der Waals surface area (Å²) in [4.78, 5) is 22.5. The van der Waals surface area contributed by atoms with Crippen molar-refractivity contribution >= 4 is 11.9 Å². The summed E-state index contributed by atoms with van der Waals surface area (Å²) in [6, 6.07) is 6.70. The molecule has 0 fully saturated rings. The predicted molar refractivity (Wildman–Crippen MR) is 71.0 cm³/mol. The number of carbonyl (C=O) groups excluding carboxylic acids is 1. The van der Waals surface area contributed by atoms with Crippen LogP contribution in [0.3, 0.4) is 0 Å². The van der Waals surface area contributed by atoms with Crippen molar-refractivity contribution in [3.8, 4) is 5.75 Å². The molecule has 19 heavy (non-hydrogen) atoms. The van der Waals surface area contributed by atoms with E-state index in [1.807, 2.05) is 6.92 Å². The molecule has 0 aliphatic carbocycles. The zero-order chi connectivity index (χ0) is 14.5. The van der Waals surface area contributed by atoms with Crippen LogP contribution in [0.4, 0.5) is 0 Å². The van der Waals surface area contributed by atoms with Gasteiger partial charge in [-0.1, -0.05) is 19.1 Å². The third kappa shape index (κ3) is 3.71. The molecule has 0 radical (unpaired) electrons. The first-order valence-electron chi connectivity index (χ1n) is 6.15. The van der Waals surface area contributed by atoms with Gasteiger partial charge < -0.3 is 15.2 Å². The Hall–Kier alpha value is -2.04. The van der Waals surface area contributed by atoms with Gasteiger partial charge in [-0.2, -0.15) is 0 Å². The van der Waals surface area contributed by atoms with Crippen LogP contribution < -0.4 is 10.1 Å². The van der Waals surface area contributed by atoms with Crippen LogP contribution in [0.5, 0.6) is 5.75 Å². The van der Waals surface area contributed by atoms with Crippen LogP contribution in [-0.2, 0) is 15.1 Å². The van der Waals surface area contributed by atoms with Crippen LogP contribution in [0.2, 0.25) is 0 Å². The van der Waals surface area contributed by atoms with E-state index in [9.17, 15) is 14.7 Å². The molecule has 0 spiro atoms. The van der Waals surface area contributed by atoms with Gasteiger partial charge in [-0.05, 0) is 31.0 Å². The van der Waals surface area contributed by atoms with Crippen molar-refractivity contribution in [2.24, 2.45) is 0 Å². The van der Waals surface area contributed by atoms with Gasteiger partial charge in [0.05, 0.1) is 6.61 Å². The average Bonchev–Trinajstić information content (AvgIpc) is 2.35. The van der Waals surface area contributed by atoms with Crippen LogP contribution >= 0.6 is 0 Å². The molecule has 1 amide bonds. The number of hydrogen-bond acceptors (Lipinski definition) is 3. The van der Waals surface area contributed by atoms with Gasteiger partial charge in [0.2, 0.25) is 5.91 Å². The number of carbonyl (C=O) groups is 2. The Labute approximate surface area is 112 Å². The highest BCUT2D eigenvalue weighted by Crippen LogP contribution is 2.24. The monoisotopic (exact) mass is 265 g/mol. The lowest BCUT2D eigenvalue weighted by molar-refractivity contribution is -0.147. The van der Waals surface area contributed by atoms with Crippen LogP contribution in [0, 0.1) is 0 Å². The molecule has 0 bridgehead atoms. The normalized spacial score (nSPS) is 13.4. The highest BCUT2D eigenvalue weighted by atomic mass is 16.5. The maximum absolute atomic E-state index is 11.4. The van der Waals surface area contributed by atoms with Crippen molar-refractivity contribution in [3.05, 3.63) is 29.8 Å². The van der Waals surface area contributed by atoms with Gasteiger partial charge in [-0.3, -0.25) is 4.79 Å². The maximum atomic E-state index is 11.4. The first kappa shape index (κ1) is 15.0. The summed E-state index contributed by atoms with van der Waals surface area (Å²) in [6.45, 7) is 5.37. The fraction of sp³-hybridized carbons (Fsp3) is 0.429. The summed E-state index contributed by atoms with van der Waals surface area (Å²) in [5, 5.41) is 11.8. The summed E-state index contributed by atoms with van der Waals surface area (Å²) in [5.41, 5.74) is -0.936. The van der Waals surface area contributed by atoms with Gasteiger partial charge in [0, 0.05) is 6.92 Å². The topological polar surface area (TPSA) is 75.6 Å². The van der Waals surface area contributed by atoms with E-state index < -0.39 is 17.4 Å². The van der Waals surface area contributed by atoms with Crippen LogP contribution in [0.25, 0.3) is 0 Å². The molecule has 0 saturated carbocycles. The van der Waals surface area contributed by atoms with Crippen LogP contribution in [0.15, 0.2) is 24.3 Å². The Morgan fingerprint density at radius 1 is 1.32 bits per heavy atom. The first-order chi connectivity index (χ1) is 8.90. The number of ether oxygens (including phenoxy) is 1. The number of carboxylic acids is 1. The van der Waals surface area contributed by atoms with Gasteiger partial charge >= 0.3 is 5.97 Å².